The molecular formula is C20H24N4O3S2. The number of hydrogen-bond acceptors (Lipinski definition) is 7. The molecule has 1 amide bonds. The van der Waals surface area contributed by atoms with Crippen molar-refractivity contribution in [2.24, 2.45) is 0 Å². The molecule has 0 aromatic carbocycles. The SMILES string of the molecule is Cc1sc2ncn(CC(=O)NC[C@H](c3cccs3)N3CCOCC3)c(=O)c2c1C. The predicted molar refractivity (Wildman–Crippen MR) is 116 cm³/mol. The lowest BCUT2D eigenvalue weighted by Crippen LogP contribution is -2.44. The number of nitrogens with one attached hydrogen (secondary N) is 1. The van der Waals surface area contributed by atoms with E-state index in [2.05, 4.69) is 26.6 Å². The fraction of sp³-hybridized carbons (Fsp3) is 0.450. The van der Waals surface area contributed by atoms with Gasteiger partial charge in [-0.25, -0.2) is 4.98 Å². The second kappa shape index (κ2) is 8.74. The van der Waals surface area contributed by atoms with E-state index in [1.165, 1.54) is 27.1 Å². The first-order valence-electron chi connectivity index (χ1n) is 9.61. The number of amides is 1. The van der Waals surface area contributed by atoms with Crippen molar-refractivity contribution in [3.63, 3.8) is 0 Å². The molecule has 1 atom stereocenters. The maximum Gasteiger partial charge on any atom is 0.262 e. The van der Waals surface area contributed by atoms with E-state index in [4.69, 9.17) is 4.74 Å². The Kier molecular flexibility index (Phi) is 6.09. The van der Waals surface area contributed by atoms with Crippen LogP contribution in [-0.4, -0.2) is 53.2 Å². The average molecular weight is 433 g/mol. The molecule has 9 heteroatoms. The number of carbonyl (C=O) groups is 1. The fourth-order valence-electron chi connectivity index (χ4n) is 3.58. The Balaban J connectivity index is 1.46. The van der Waals surface area contributed by atoms with E-state index in [-0.39, 0.29) is 24.1 Å². The summed E-state index contributed by atoms with van der Waals surface area (Å²) in [6.45, 7) is 7.47. The number of aryl methyl sites for hydroxylation is 2. The molecule has 1 fully saturated rings. The van der Waals surface area contributed by atoms with Crippen LogP contribution in [0.15, 0.2) is 28.6 Å². The second-order valence-electron chi connectivity index (χ2n) is 7.12. The number of fused-ring (bicyclic) bond motifs is 1. The normalized spacial score (nSPS) is 16.2. The number of carbonyl (C=O) groups excluding carboxylic acids is 1. The quantitative estimate of drug-likeness (QED) is 0.647. The lowest BCUT2D eigenvalue weighted by Gasteiger charge is -2.34. The van der Waals surface area contributed by atoms with Crippen LogP contribution in [0.25, 0.3) is 10.2 Å². The van der Waals surface area contributed by atoms with Gasteiger partial charge in [0.2, 0.25) is 5.91 Å². The Morgan fingerprint density at radius 1 is 1.34 bits per heavy atom. The van der Waals surface area contributed by atoms with Gasteiger partial charge in [0, 0.05) is 29.4 Å². The number of aromatic nitrogens is 2. The third-order valence-electron chi connectivity index (χ3n) is 5.32. The Bertz CT molecular complexity index is 1050. The van der Waals surface area contributed by atoms with Crippen molar-refractivity contribution in [3.8, 4) is 0 Å². The molecule has 0 bridgehead atoms. The van der Waals surface area contributed by atoms with Crippen LogP contribution < -0.4 is 10.9 Å². The van der Waals surface area contributed by atoms with E-state index in [1.54, 1.807) is 11.3 Å². The average Bonchev–Trinajstić information content (AvgIpc) is 3.34. The third kappa shape index (κ3) is 4.28. The maximum atomic E-state index is 12.8. The summed E-state index contributed by atoms with van der Waals surface area (Å²) in [6, 6.07) is 4.24. The summed E-state index contributed by atoms with van der Waals surface area (Å²) >= 11 is 3.20. The Morgan fingerprint density at radius 3 is 2.86 bits per heavy atom. The number of thiophene rings is 2. The van der Waals surface area contributed by atoms with E-state index in [1.807, 2.05) is 19.9 Å². The molecule has 4 rings (SSSR count). The second-order valence-corrected chi connectivity index (χ2v) is 9.31. The van der Waals surface area contributed by atoms with Gasteiger partial charge in [-0.1, -0.05) is 6.07 Å². The molecule has 1 aliphatic heterocycles. The van der Waals surface area contributed by atoms with Crippen LogP contribution >= 0.6 is 22.7 Å². The molecule has 0 radical (unpaired) electrons. The predicted octanol–water partition coefficient (Wildman–Crippen LogP) is 2.33. The van der Waals surface area contributed by atoms with E-state index in [0.717, 1.165) is 28.4 Å². The number of ether oxygens (including phenoxy) is 1. The Morgan fingerprint density at radius 2 is 2.14 bits per heavy atom. The van der Waals surface area contributed by atoms with Gasteiger partial charge in [-0.3, -0.25) is 19.1 Å². The van der Waals surface area contributed by atoms with E-state index >= 15 is 0 Å². The van der Waals surface area contributed by atoms with Gasteiger partial charge < -0.3 is 10.1 Å². The number of hydrogen-bond donors (Lipinski definition) is 1. The Labute approximate surface area is 176 Å². The zero-order valence-electron chi connectivity index (χ0n) is 16.5. The number of rotatable bonds is 6. The monoisotopic (exact) mass is 432 g/mol. The third-order valence-corrected chi connectivity index (χ3v) is 7.41. The van der Waals surface area contributed by atoms with Gasteiger partial charge in [0.15, 0.2) is 0 Å². The largest absolute Gasteiger partial charge is 0.379 e. The minimum absolute atomic E-state index is 0.0314. The zero-order chi connectivity index (χ0) is 20.4. The first kappa shape index (κ1) is 20.2. The van der Waals surface area contributed by atoms with Crippen molar-refractivity contribution in [3.05, 3.63) is 49.5 Å². The van der Waals surface area contributed by atoms with E-state index < -0.39 is 0 Å². The highest BCUT2D eigenvalue weighted by Gasteiger charge is 2.24. The van der Waals surface area contributed by atoms with Crippen molar-refractivity contribution in [1.82, 2.24) is 19.8 Å². The summed E-state index contributed by atoms with van der Waals surface area (Å²) in [5.41, 5.74) is 0.789. The highest BCUT2D eigenvalue weighted by Crippen LogP contribution is 2.26. The van der Waals surface area contributed by atoms with Crippen LogP contribution in [-0.2, 0) is 16.1 Å². The smallest absolute Gasteiger partial charge is 0.262 e. The summed E-state index contributed by atoms with van der Waals surface area (Å²) in [5.74, 6) is -0.187. The van der Waals surface area contributed by atoms with Crippen LogP contribution in [0.2, 0.25) is 0 Å². The van der Waals surface area contributed by atoms with Crippen molar-refractivity contribution in [2.75, 3.05) is 32.8 Å². The molecule has 0 unspecified atom stereocenters. The summed E-state index contributed by atoms with van der Waals surface area (Å²) in [4.78, 5) is 35.1. The van der Waals surface area contributed by atoms with Crippen molar-refractivity contribution in [1.29, 1.82) is 0 Å². The van der Waals surface area contributed by atoms with Gasteiger partial charge in [0.25, 0.3) is 5.56 Å². The van der Waals surface area contributed by atoms with Crippen LogP contribution in [0.4, 0.5) is 0 Å². The van der Waals surface area contributed by atoms with Crippen LogP contribution in [0.3, 0.4) is 0 Å². The van der Waals surface area contributed by atoms with Gasteiger partial charge in [-0.05, 0) is 30.9 Å². The first-order valence-corrected chi connectivity index (χ1v) is 11.3. The minimum atomic E-state index is -0.187. The van der Waals surface area contributed by atoms with Crippen molar-refractivity contribution in [2.45, 2.75) is 26.4 Å². The van der Waals surface area contributed by atoms with Gasteiger partial charge in [0.05, 0.1) is 31.0 Å². The molecule has 1 saturated heterocycles. The topological polar surface area (TPSA) is 76.5 Å². The summed E-state index contributed by atoms with van der Waals surface area (Å²) in [6.07, 6.45) is 1.47. The molecule has 7 nitrogen and oxygen atoms in total. The van der Waals surface area contributed by atoms with Gasteiger partial charge in [-0.15, -0.1) is 22.7 Å². The minimum Gasteiger partial charge on any atom is -0.379 e. The number of nitrogens with zero attached hydrogens (tertiary/aromatic N) is 3. The molecule has 3 aromatic rings. The molecule has 0 saturated carbocycles. The van der Waals surface area contributed by atoms with E-state index in [9.17, 15) is 9.59 Å². The highest BCUT2D eigenvalue weighted by molar-refractivity contribution is 7.18. The van der Waals surface area contributed by atoms with Crippen molar-refractivity contribution < 1.29 is 9.53 Å². The fourth-order valence-corrected chi connectivity index (χ4v) is 5.43. The zero-order valence-corrected chi connectivity index (χ0v) is 18.1. The Hall–Kier alpha value is -2.07. The van der Waals surface area contributed by atoms with Crippen LogP contribution in [0, 0.1) is 13.8 Å². The molecule has 3 aromatic heterocycles. The molecule has 1 aliphatic rings. The first-order chi connectivity index (χ1) is 14.0. The molecule has 29 heavy (non-hydrogen) atoms. The number of morpholine rings is 1. The molecular weight excluding hydrogens is 408 g/mol. The van der Waals surface area contributed by atoms with Gasteiger partial charge in [0.1, 0.15) is 11.4 Å². The molecule has 4 heterocycles. The lowest BCUT2D eigenvalue weighted by atomic mass is 10.2. The standard InChI is InChI=1S/C20H24N4O3S2/c1-13-14(2)29-19-18(13)20(26)24(12-22-19)11-17(25)21-10-15(16-4-3-9-28-16)23-5-7-27-8-6-23/h3-4,9,12,15H,5-8,10-11H2,1-2H3,(H,21,25)/t15-/m1/s1. The molecule has 0 spiro atoms. The lowest BCUT2D eigenvalue weighted by molar-refractivity contribution is -0.122. The maximum absolute atomic E-state index is 12.8. The van der Waals surface area contributed by atoms with Gasteiger partial charge in [-0.2, -0.15) is 0 Å². The summed E-state index contributed by atoms with van der Waals surface area (Å²) in [5, 5.41) is 5.68. The molecule has 1 N–H and O–H groups in total. The van der Waals surface area contributed by atoms with Crippen molar-refractivity contribution >= 4 is 38.8 Å². The van der Waals surface area contributed by atoms with E-state index in [0.29, 0.717) is 25.1 Å². The summed E-state index contributed by atoms with van der Waals surface area (Å²) < 4.78 is 6.86. The van der Waals surface area contributed by atoms with Crippen LogP contribution in [0.5, 0.6) is 0 Å². The van der Waals surface area contributed by atoms with Crippen LogP contribution in [0.1, 0.15) is 21.4 Å². The summed E-state index contributed by atoms with van der Waals surface area (Å²) in [7, 11) is 0. The van der Waals surface area contributed by atoms with Gasteiger partial charge >= 0.3 is 0 Å². The molecule has 0 aliphatic carbocycles. The molecule has 154 valence electrons. The highest BCUT2D eigenvalue weighted by atomic mass is 32.1.